The fourth-order valence-corrected chi connectivity index (χ4v) is 1.85. The molecule has 0 aliphatic heterocycles. The van der Waals surface area contributed by atoms with E-state index < -0.39 is 0 Å². The predicted octanol–water partition coefficient (Wildman–Crippen LogP) is 3.89. The zero-order chi connectivity index (χ0) is 12.3. The molecule has 2 rings (SSSR count). The SMILES string of the molecule is COc1cc(C#N)ccc1-c1cccc(Cl)c1. The van der Waals surface area contributed by atoms with Crippen molar-refractivity contribution >= 4 is 11.6 Å². The average molecular weight is 244 g/mol. The Kier molecular flexibility index (Phi) is 3.32. The first kappa shape index (κ1) is 11.5. The first-order valence-electron chi connectivity index (χ1n) is 5.08. The quantitative estimate of drug-likeness (QED) is 0.802. The van der Waals surface area contributed by atoms with Gasteiger partial charge in [0.15, 0.2) is 0 Å². The van der Waals surface area contributed by atoms with Crippen molar-refractivity contribution in [1.29, 1.82) is 5.26 Å². The maximum Gasteiger partial charge on any atom is 0.128 e. The zero-order valence-electron chi connectivity index (χ0n) is 9.27. The summed E-state index contributed by atoms with van der Waals surface area (Å²) in [5.41, 5.74) is 2.47. The first-order valence-corrected chi connectivity index (χ1v) is 5.46. The number of nitriles is 1. The van der Waals surface area contributed by atoms with Gasteiger partial charge in [-0.3, -0.25) is 0 Å². The van der Waals surface area contributed by atoms with Crippen molar-refractivity contribution < 1.29 is 4.74 Å². The molecule has 0 heterocycles. The smallest absolute Gasteiger partial charge is 0.128 e. The highest BCUT2D eigenvalue weighted by Gasteiger charge is 2.07. The van der Waals surface area contributed by atoms with E-state index in [9.17, 15) is 0 Å². The molecule has 0 aromatic heterocycles. The van der Waals surface area contributed by atoms with Gasteiger partial charge in [0.05, 0.1) is 18.7 Å². The number of halogens is 1. The minimum absolute atomic E-state index is 0.577. The van der Waals surface area contributed by atoms with Crippen molar-refractivity contribution in [3.8, 4) is 22.9 Å². The number of hydrogen-bond acceptors (Lipinski definition) is 2. The third-order valence-electron chi connectivity index (χ3n) is 2.47. The van der Waals surface area contributed by atoms with Crippen molar-refractivity contribution in [3.63, 3.8) is 0 Å². The highest BCUT2D eigenvalue weighted by molar-refractivity contribution is 6.30. The summed E-state index contributed by atoms with van der Waals surface area (Å²) in [6.07, 6.45) is 0. The van der Waals surface area contributed by atoms with E-state index in [0.717, 1.165) is 11.1 Å². The third kappa shape index (κ3) is 2.41. The van der Waals surface area contributed by atoms with Crippen LogP contribution in [0, 0.1) is 11.3 Å². The second kappa shape index (κ2) is 4.90. The Morgan fingerprint density at radius 1 is 1.18 bits per heavy atom. The largest absolute Gasteiger partial charge is 0.496 e. The highest BCUT2D eigenvalue weighted by atomic mass is 35.5. The molecule has 0 fully saturated rings. The van der Waals surface area contributed by atoms with Gasteiger partial charge in [-0.15, -0.1) is 0 Å². The third-order valence-corrected chi connectivity index (χ3v) is 2.70. The van der Waals surface area contributed by atoms with E-state index in [-0.39, 0.29) is 0 Å². The van der Waals surface area contributed by atoms with Gasteiger partial charge in [0, 0.05) is 10.6 Å². The Bertz CT molecular complexity index is 587. The van der Waals surface area contributed by atoms with Crippen LogP contribution in [-0.4, -0.2) is 7.11 Å². The van der Waals surface area contributed by atoms with Gasteiger partial charge in [0.1, 0.15) is 5.75 Å². The lowest BCUT2D eigenvalue weighted by atomic mass is 10.0. The van der Waals surface area contributed by atoms with Crippen molar-refractivity contribution in [2.24, 2.45) is 0 Å². The number of hydrogen-bond donors (Lipinski definition) is 0. The van der Waals surface area contributed by atoms with Crippen LogP contribution in [0.15, 0.2) is 42.5 Å². The van der Waals surface area contributed by atoms with Gasteiger partial charge in [0.2, 0.25) is 0 Å². The maximum atomic E-state index is 8.84. The maximum absolute atomic E-state index is 8.84. The number of rotatable bonds is 2. The van der Waals surface area contributed by atoms with E-state index in [1.165, 1.54) is 0 Å². The molecule has 0 aliphatic carbocycles. The van der Waals surface area contributed by atoms with E-state index in [4.69, 9.17) is 21.6 Å². The van der Waals surface area contributed by atoms with E-state index in [1.807, 2.05) is 30.3 Å². The van der Waals surface area contributed by atoms with Gasteiger partial charge < -0.3 is 4.74 Å². The number of benzene rings is 2. The van der Waals surface area contributed by atoms with Crippen LogP contribution >= 0.6 is 11.6 Å². The lowest BCUT2D eigenvalue weighted by molar-refractivity contribution is 0.416. The van der Waals surface area contributed by atoms with Crippen LogP contribution in [0.3, 0.4) is 0 Å². The first-order chi connectivity index (χ1) is 8.24. The second-order valence-corrected chi connectivity index (χ2v) is 3.97. The topological polar surface area (TPSA) is 33.0 Å². The van der Waals surface area contributed by atoms with Crippen LogP contribution in [0.2, 0.25) is 5.02 Å². The van der Waals surface area contributed by atoms with E-state index in [1.54, 1.807) is 19.2 Å². The lowest BCUT2D eigenvalue weighted by Crippen LogP contribution is -1.89. The molecule has 0 spiro atoms. The Morgan fingerprint density at radius 2 is 2.00 bits per heavy atom. The highest BCUT2D eigenvalue weighted by Crippen LogP contribution is 2.31. The lowest BCUT2D eigenvalue weighted by Gasteiger charge is -2.09. The monoisotopic (exact) mass is 243 g/mol. The predicted molar refractivity (Wildman–Crippen MR) is 68.2 cm³/mol. The molecular weight excluding hydrogens is 234 g/mol. The van der Waals surface area contributed by atoms with Crippen molar-refractivity contribution in [3.05, 3.63) is 53.1 Å². The molecule has 0 amide bonds. The van der Waals surface area contributed by atoms with Crippen LogP contribution in [0.25, 0.3) is 11.1 Å². The molecule has 0 aliphatic rings. The standard InChI is InChI=1S/C14H10ClNO/c1-17-14-7-10(9-16)5-6-13(14)11-3-2-4-12(15)8-11/h2-8H,1H3. The molecule has 2 nitrogen and oxygen atoms in total. The molecule has 0 N–H and O–H groups in total. The molecule has 17 heavy (non-hydrogen) atoms. The van der Waals surface area contributed by atoms with Crippen LogP contribution < -0.4 is 4.74 Å². The minimum atomic E-state index is 0.577. The molecule has 0 bridgehead atoms. The summed E-state index contributed by atoms with van der Waals surface area (Å²) < 4.78 is 5.29. The van der Waals surface area contributed by atoms with Gasteiger partial charge in [-0.25, -0.2) is 0 Å². The van der Waals surface area contributed by atoms with Gasteiger partial charge in [-0.1, -0.05) is 23.7 Å². The Balaban J connectivity index is 2.56. The van der Waals surface area contributed by atoms with Crippen LogP contribution in [-0.2, 0) is 0 Å². The number of methoxy groups -OCH3 is 1. The Hall–Kier alpha value is -1.98. The second-order valence-electron chi connectivity index (χ2n) is 3.54. The normalized spacial score (nSPS) is 9.71. The number of ether oxygens (including phenoxy) is 1. The van der Waals surface area contributed by atoms with Gasteiger partial charge in [-0.2, -0.15) is 5.26 Å². The summed E-state index contributed by atoms with van der Waals surface area (Å²) in [6, 6.07) is 15.0. The van der Waals surface area contributed by atoms with Crippen molar-refractivity contribution in [1.82, 2.24) is 0 Å². The minimum Gasteiger partial charge on any atom is -0.496 e. The van der Waals surface area contributed by atoms with Gasteiger partial charge >= 0.3 is 0 Å². The number of nitrogens with zero attached hydrogens (tertiary/aromatic N) is 1. The van der Waals surface area contributed by atoms with Crippen LogP contribution in [0.1, 0.15) is 5.56 Å². The summed E-state index contributed by atoms with van der Waals surface area (Å²) in [4.78, 5) is 0. The van der Waals surface area contributed by atoms with Gasteiger partial charge in [-0.05, 0) is 35.9 Å². The van der Waals surface area contributed by atoms with Crippen LogP contribution in [0.4, 0.5) is 0 Å². The summed E-state index contributed by atoms with van der Waals surface area (Å²) in [5, 5.41) is 9.51. The fourth-order valence-electron chi connectivity index (χ4n) is 1.66. The summed E-state index contributed by atoms with van der Waals surface area (Å²) in [7, 11) is 1.59. The summed E-state index contributed by atoms with van der Waals surface area (Å²) >= 11 is 5.96. The molecule has 0 saturated carbocycles. The molecule has 0 radical (unpaired) electrons. The van der Waals surface area contributed by atoms with Gasteiger partial charge in [0.25, 0.3) is 0 Å². The molecule has 0 atom stereocenters. The fraction of sp³-hybridized carbons (Fsp3) is 0.0714. The Labute approximate surface area is 105 Å². The van der Waals surface area contributed by atoms with Crippen molar-refractivity contribution in [2.45, 2.75) is 0 Å². The average Bonchev–Trinajstić information content (AvgIpc) is 2.38. The summed E-state index contributed by atoms with van der Waals surface area (Å²) in [6.45, 7) is 0. The van der Waals surface area contributed by atoms with Crippen LogP contribution in [0.5, 0.6) is 5.75 Å². The van der Waals surface area contributed by atoms with E-state index in [2.05, 4.69) is 6.07 Å². The molecule has 0 unspecified atom stereocenters. The van der Waals surface area contributed by atoms with Crippen molar-refractivity contribution in [2.75, 3.05) is 7.11 Å². The zero-order valence-corrected chi connectivity index (χ0v) is 10.0. The molecule has 2 aromatic rings. The summed E-state index contributed by atoms with van der Waals surface area (Å²) in [5.74, 6) is 0.673. The van der Waals surface area contributed by atoms with E-state index >= 15 is 0 Å². The molecule has 84 valence electrons. The van der Waals surface area contributed by atoms with E-state index in [0.29, 0.717) is 16.3 Å². The molecule has 2 aromatic carbocycles. The molecule has 3 heteroatoms. The Morgan fingerprint density at radius 3 is 2.65 bits per heavy atom. The molecular formula is C14H10ClNO. The molecule has 0 saturated heterocycles.